The van der Waals surface area contributed by atoms with Crippen molar-refractivity contribution < 1.29 is 9.53 Å². The lowest BCUT2D eigenvalue weighted by Crippen LogP contribution is -2.40. The molecule has 1 aliphatic rings. The number of carbonyl (C=O) groups is 1. The van der Waals surface area contributed by atoms with Crippen molar-refractivity contribution in [3.63, 3.8) is 0 Å². The smallest absolute Gasteiger partial charge is 0.236 e. The van der Waals surface area contributed by atoms with Crippen molar-refractivity contribution in [1.29, 1.82) is 0 Å². The third kappa shape index (κ3) is 3.80. The van der Waals surface area contributed by atoms with Crippen LogP contribution >= 0.6 is 11.8 Å². The number of methoxy groups -OCH3 is 1. The van der Waals surface area contributed by atoms with Crippen LogP contribution < -0.4 is 0 Å². The summed E-state index contributed by atoms with van der Waals surface area (Å²) < 4.78 is 7.42. The number of carbonyl (C=O) groups excluding carboxylic acids is 1. The molecule has 1 aliphatic heterocycles. The number of hydrogen-bond acceptors (Lipinski definition) is 4. The Hall–Kier alpha value is -2.31. The lowest BCUT2D eigenvalue weighted by atomic mass is 10.00. The van der Waals surface area contributed by atoms with Crippen molar-refractivity contribution in [3.8, 4) is 0 Å². The van der Waals surface area contributed by atoms with Crippen LogP contribution in [0.5, 0.6) is 0 Å². The van der Waals surface area contributed by atoms with Crippen molar-refractivity contribution in [2.75, 3.05) is 20.3 Å². The zero-order chi connectivity index (χ0) is 19.5. The summed E-state index contributed by atoms with van der Waals surface area (Å²) in [7, 11) is 1.70. The number of imidazole rings is 1. The molecule has 0 fully saturated rings. The number of thioether (sulfide) groups is 1. The Morgan fingerprint density at radius 1 is 1.18 bits per heavy atom. The first kappa shape index (κ1) is 19.0. The van der Waals surface area contributed by atoms with Gasteiger partial charge in [-0.1, -0.05) is 48.2 Å². The summed E-state index contributed by atoms with van der Waals surface area (Å²) in [5, 5.41) is 0.680. The lowest BCUT2D eigenvalue weighted by Gasteiger charge is -2.30. The van der Waals surface area contributed by atoms with Crippen molar-refractivity contribution >= 4 is 28.7 Å². The van der Waals surface area contributed by atoms with E-state index in [9.17, 15) is 4.79 Å². The maximum atomic E-state index is 13.1. The zero-order valence-electron chi connectivity index (χ0n) is 16.3. The van der Waals surface area contributed by atoms with Crippen LogP contribution in [0.3, 0.4) is 0 Å². The van der Waals surface area contributed by atoms with Crippen molar-refractivity contribution in [2.24, 2.45) is 0 Å². The number of nitrogens with zero attached hydrogens (tertiary/aromatic N) is 3. The fraction of sp³-hybridized carbons (Fsp3) is 0.364. The molecule has 0 spiro atoms. The molecule has 3 aromatic rings. The highest BCUT2D eigenvalue weighted by molar-refractivity contribution is 8.00. The first-order valence-corrected chi connectivity index (χ1v) is 10.5. The maximum Gasteiger partial charge on any atom is 0.236 e. The highest BCUT2D eigenvalue weighted by Gasteiger charge is 2.26. The highest BCUT2D eigenvalue weighted by atomic mass is 32.2. The first-order chi connectivity index (χ1) is 13.7. The number of fused-ring (bicyclic) bond motifs is 2. The molecule has 1 amide bonds. The van der Waals surface area contributed by atoms with Gasteiger partial charge < -0.3 is 14.2 Å². The fourth-order valence-corrected chi connectivity index (χ4v) is 4.73. The van der Waals surface area contributed by atoms with Gasteiger partial charge in [-0.3, -0.25) is 4.79 Å². The van der Waals surface area contributed by atoms with Gasteiger partial charge in [0, 0.05) is 26.7 Å². The van der Waals surface area contributed by atoms with Crippen molar-refractivity contribution in [3.05, 3.63) is 59.7 Å². The number of rotatable bonds is 6. The Morgan fingerprint density at radius 3 is 2.75 bits per heavy atom. The van der Waals surface area contributed by atoms with Crippen LogP contribution in [0.15, 0.2) is 53.7 Å². The summed E-state index contributed by atoms with van der Waals surface area (Å²) >= 11 is 1.53. The van der Waals surface area contributed by atoms with E-state index < -0.39 is 0 Å². The van der Waals surface area contributed by atoms with Crippen molar-refractivity contribution in [2.45, 2.75) is 36.8 Å². The van der Waals surface area contributed by atoms with E-state index in [2.05, 4.69) is 28.8 Å². The minimum Gasteiger partial charge on any atom is -0.383 e. The minimum atomic E-state index is -0.191. The van der Waals surface area contributed by atoms with E-state index in [1.807, 2.05) is 36.1 Å². The topological polar surface area (TPSA) is 47.4 Å². The molecule has 4 rings (SSSR count). The minimum absolute atomic E-state index is 0.171. The van der Waals surface area contributed by atoms with E-state index >= 15 is 0 Å². The Labute approximate surface area is 169 Å². The molecular formula is C22H25N3O2S. The number of amides is 1. The second-order valence-electron chi connectivity index (χ2n) is 7.07. The van der Waals surface area contributed by atoms with Gasteiger partial charge in [-0.15, -0.1) is 0 Å². The summed E-state index contributed by atoms with van der Waals surface area (Å²) in [6.45, 7) is 4.78. The number of hydrogen-bond donors (Lipinski definition) is 0. The SMILES string of the molecule is COCCn1c(SC(C)C(=O)N2CCc3ccccc3C2)nc2ccccc21. The standard InChI is InChI=1S/C22H25N3O2S/c1-16(21(26)24-12-11-17-7-3-4-8-18(17)15-24)28-22-23-19-9-5-6-10-20(19)25(22)13-14-27-2/h3-10,16H,11-15H2,1-2H3. The molecule has 1 atom stereocenters. The van der Waals surface area contributed by atoms with E-state index in [1.165, 1.54) is 22.9 Å². The molecule has 1 aromatic heterocycles. The second kappa shape index (κ2) is 8.37. The summed E-state index contributed by atoms with van der Waals surface area (Å²) in [6, 6.07) is 16.5. The quantitative estimate of drug-likeness (QED) is 0.597. The van der Waals surface area contributed by atoms with Gasteiger partial charge in [0.1, 0.15) is 0 Å². The average Bonchev–Trinajstić information content (AvgIpc) is 3.08. The van der Waals surface area contributed by atoms with E-state index in [4.69, 9.17) is 9.72 Å². The third-order valence-corrected chi connectivity index (χ3v) is 6.29. The van der Waals surface area contributed by atoms with Crippen LogP contribution in [0.25, 0.3) is 11.0 Å². The predicted molar refractivity (Wildman–Crippen MR) is 112 cm³/mol. The summed E-state index contributed by atoms with van der Waals surface area (Å²) in [5.74, 6) is 0.171. The monoisotopic (exact) mass is 395 g/mol. The highest BCUT2D eigenvalue weighted by Crippen LogP contribution is 2.29. The molecule has 6 heteroatoms. The molecule has 0 radical (unpaired) electrons. The zero-order valence-corrected chi connectivity index (χ0v) is 17.1. The molecule has 2 heterocycles. The molecule has 28 heavy (non-hydrogen) atoms. The van der Waals surface area contributed by atoms with Crippen LogP contribution in [-0.4, -0.2) is 45.9 Å². The number of para-hydroxylation sites is 2. The molecule has 0 saturated heterocycles. The first-order valence-electron chi connectivity index (χ1n) is 9.64. The molecule has 0 bridgehead atoms. The number of benzene rings is 2. The molecular weight excluding hydrogens is 370 g/mol. The second-order valence-corrected chi connectivity index (χ2v) is 8.37. The molecule has 5 nitrogen and oxygen atoms in total. The van der Waals surface area contributed by atoms with Crippen molar-refractivity contribution in [1.82, 2.24) is 14.5 Å². The molecule has 0 aliphatic carbocycles. The van der Waals surface area contributed by atoms with Crippen LogP contribution in [0.2, 0.25) is 0 Å². The van der Waals surface area contributed by atoms with E-state index in [-0.39, 0.29) is 11.2 Å². The Bertz CT molecular complexity index is 985. The van der Waals surface area contributed by atoms with Crippen LogP contribution in [0, 0.1) is 0 Å². The predicted octanol–water partition coefficient (Wildman–Crippen LogP) is 3.75. The summed E-state index contributed by atoms with van der Waals surface area (Å²) in [4.78, 5) is 19.8. The van der Waals surface area contributed by atoms with Crippen LogP contribution in [0.1, 0.15) is 18.1 Å². The number of aromatic nitrogens is 2. The van der Waals surface area contributed by atoms with Crippen LogP contribution in [-0.2, 0) is 29.0 Å². The van der Waals surface area contributed by atoms with Gasteiger partial charge in [-0.2, -0.15) is 0 Å². The lowest BCUT2D eigenvalue weighted by molar-refractivity contribution is -0.131. The van der Waals surface area contributed by atoms with Gasteiger partial charge in [-0.25, -0.2) is 4.98 Å². The van der Waals surface area contributed by atoms with Gasteiger partial charge >= 0.3 is 0 Å². The Balaban J connectivity index is 1.52. The Kier molecular flexibility index (Phi) is 5.69. The maximum absolute atomic E-state index is 13.1. The molecule has 0 saturated carbocycles. The molecule has 1 unspecified atom stereocenters. The van der Waals surface area contributed by atoms with Gasteiger partial charge in [-0.05, 0) is 36.6 Å². The van der Waals surface area contributed by atoms with Crippen LogP contribution in [0.4, 0.5) is 0 Å². The van der Waals surface area contributed by atoms with E-state index in [1.54, 1.807) is 7.11 Å². The third-order valence-electron chi connectivity index (χ3n) is 5.21. The van der Waals surface area contributed by atoms with E-state index in [0.29, 0.717) is 13.2 Å². The molecule has 2 aromatic carbocycles. The number of ether oxygens (including phenoxy) is 1. The van der Waals surface area contributed by atoms with Gasteiger partial charge in [0.2, 0.25) is 5.91 Å². The van der Waals surface area contributed by atoms with Gasteiger partial charge in [0.15, 0.2) is 5.16 Å². The molecule has 146 valence electrons. The van der Waals surface area contributed by atoms with E-state index in [0.717, 1.165) is 35.7 Å². The Morgan fingerprint density at radius 2 is 1.93 bits per heavy atom. The average molecular weight is 396 g/mol. The fourth-order valence-electron chi connectivity index (χ4n) is 3.69. The van der Waals surface area contributed by atoms with Gasteiger partial charge in [0.05, 0.1) is 22.9 Å². The summed E-state index contributed by atoms with van der Waals surface area (Å²) in [5.41, 5.74) is 4.64. The summed E-state index contributed by atoms with van der Waals surface area (Å²) in [6.07, 6.45) is 0.922. The van der Waals surface area contributed by atoms with Gasteiger partial charge in [0.25, 0.3) is 0 Å². The normalized spacial score (nSPS) is 14.9. The largest absolute Gasteiger partial charge is 0.383 e. The molecule has 0 N–H and O–H groups in total.